The SMILES string of the molecule is CCCn1ncc(CN2CCN(C3CCN(C(C)C)CC3)C(CCO)C2)c1C. The van der Waals surface area contributed by atoms with Crippen LogP contribution in [0.5, 0.6) is 0 Å². The maximum Gasteiger partial charge on any atom is 0.0537 e. The molecule has 6 nitrogen and oxygen atoms in total. The Morgan fingerprint density at radius 2 is 1.93 bits per heavy atom. The molecule has 1 aromatic heterocycles. The van der Waals surface area contributed by atoms with Gasteiger partial charge in [-0.05, 0) is 59.5 Å². The highest BCUT2D eigenvalue weighted by Crippen LogP contribution is 2.25. The Kier molecular flexibility index (Phi) is 7.92. The third kappa shape index (κ3) is 5.15. The number of aromatic nitrogens is 2. The van der Waals surface area contributed by atoms with Crippen molar-refractivity contribution < 1.29 is 5.11 Å². The normalized spacial score (nSPS) is 23.7. The van der Waals surface area contributed by atoms with E-state index in [1.807, 2.05) is 0 Å². The van der Waals surface area contributed by atoms with Gasteiger partial charge in [-0.25, -0.2) is 0 Å². The zero-order valence-corrected chi connectivity index (χ0v) is 18.5. The molecule has 0 bridgehead atoms. The van der Waals surface area contributed by atoms with Gasteiger partial charge < -0.3 is 10.0 Å². The highest BCUT2D eigenvalue weighted by atomic mass is 16.3. The van der Waals surface area contributed by atoms with Crippen LogP contribution in [0.2, 0.25) is 0 Å². The molecule has 28 heavy (non-hydrogen) atoms. The molecular weight excluding hydrogens is 350 g/mol. The minimum atomic E-state index is 0.285. The zero-order chi connectivity index (χ0) is 20.1. The van der Waals surface area contributed by atoms with Crippen molar-refractivity contribution in [3.8, 4) is 0 Å². The van der Waals surface area contributed by atoms with Gasteiger partial charge in [0, 0.05) is 68.7 Å². The van der Waals surface area contributed by atoms with E-state index in [1.165, 1.54) is 37.2 Å². The van der Waals surface area contributed by atoms with E-state index >= 15 is 0 Å². The van der Waals surface area contributed by atoms with Crippen molar-refractivity contribution in [3.05, 3.63) is 17.5 Å². The Morgan fingerprint density at radius 3 is 2.57 bits per heavy atom. The minimum absolute atomic E-state index is 0.285. The Balaban J connectivity index is 1.58. The summed E-state index contributed by atoms with van der Waals surface area (Å²) in [4.78, 5) is 7.89. The van der Waals surface area contributed by atoms with Gasteiger partial charge in [0.05, 0.1) is 6.20 Å². The van der Waals surface area contributed by atoms with Crippen LogP contribution < -0.4 is 0 Å². The molecule has 0 aromatic carbocycles. The summed E-state index contributed by atoms with van der Waals surface area (Å²) in [7, 11) is 0. The lowest BCUT2D eigenvalue weighted by atomic mass is 9.97. The number of hydrogen-bond acceptors (Lipinski definition) is 5. The largest absolute Gasteiger partial charge is 0.396 e. The van der Waals surface area contributed by atoms with Gasteiger partial charge in [0.2, 0.25) is 0 Å². The molecule has 2 aliphatic rings. The Bertz CT molecular complexity index is 594. The van der Waals surface area contributed by atoms with Crippen molar-refractivity contribution in [2.24, 2.45) is 0 Å². The van der Waals surface area contributed by atoms with Crippen LogP contribution in [0.25, 0.3) is 0 Å². The number of aliphatic hydroxyl groups excluding tert-OH is 1. The first kappa shape index (κ1) is 21.8. The second-order valence-corrected chi connectivity index (χ2v) is 8.98. The standard InChI is InChI=1S/C22H41N5O/c1-5-9-27-19(4)20(15-23-27)16-24-12-13-26(22(17-24)8-14-28)21-6-10-25(11-7-21)18(2)3/h15,18,21-22,28H,5-14,16-17H2,1-4H3. The molecule has 2 saturated heterocycles. The maximum atomic E-state index is 9.67. The summed E-state index contributed by atoms with van der Waals surface area (Å²) >= 11 is 0. The Labute approximate surface area is 171 Å². The molecule has 160 valence electrons. The van der Waals surface area contributed by atoms with Crippen LogP contribution >= 0.6 is 0 Å². The summed E-state index contributed by atoms with van der Waals surface area (Å²) in [6.45, 7) is 17.0. The maximum absolute atomic E-state index is 9.67. The lowest BCUT2D eigenvalue weighted by Gasteiger charge is -2.48. The molecule has 0 amide bonds. The summed E-state index contributed by atoms with van der Waals surface area (Å²) in [5.41, 5.74) is 2.67. The molecule has 1 atom stereocenters. The number of aliphatic hydroxyl groups is 1. The third-order valence-electron chi connectivity index (χ3n) is 6.81. The topological polar surface area (TPSA) is 47.8 Å². The Hall–Kier alpha value is -0.950. The number of piperazine rings is 1. The first-order chi connectivity index (χ1) is 13.5. The van der Waals surface area contributed by atoms with E-state index < -0.39 is 0 Å². The van der Waals surface area contributed by atoms with E-state index in [4.69, 9.17) is 0 Å². The van der Waals surface area contributed by atoms with Gasteiger partial charge in [0.25, 0.3) is 0 Å². The fourth-order valence-electron chi connectivity index (χ4n) is 5.02. The second kappa shape index (κ2) is 10.2. The fourth-order valence-corrected chi connectivity index (χ4v) is 5.02. The van der Waals surface area contributed by atoms with E-state index in [1.54, 1.807) is 0 Å². The predicted octanol–water partition coefficient (Wildman–Crippen LogP) is 2.34. The lowest BCUT2D eigenvalue weighted by molar-refractivity contribution is -0.0000860. The molecular formula is C22H41N5O. The van der Waals surface area contributed by atoms with Crippen molar-refractivity contribution in [2.45, 2.75) is 84.6 Å². The average molecular weight is 392 g/mol. The van der Waals surface area contributed by atoms with Crippen molar-refractivity contribution in [3.63, 3.8) is 0 Å². The van der Waals surface area contributed by atoms with Crippen LogP contribution in [0.3, 0.4) is 0 Å². The van der Waals surface area contributed by atoms with E-state index in [-0.39, 0.29) is 6.61 Å². The van der Waals surface area contributed by atoms with Gasteiger partial charge in [-0.2, -0.15) is 5.10 Å². The van der Waals surface area contributed by atoms with Crippen LogP contribution in [0.15, 0.2) is 6.20 Å². The molecule has 0 aliphatic carbocycles. The molecule has 2 fully saturated rings. The fraction of sp³-hybridized carbons (Fsp3) is 0.864. The van der Waals surface area contributed by atoms with E-state index in [9.17, 15) is 5.11 Å². The van der Waals surface area contributed by atoms with Crippen molar-refractivity contribution in [2.75, 3.05) is 39.3 Å². The quantitative estimate of drug-likeness (QED) is 0.737. The molecule has 3 rings (SSSR count). The molecule has 1 aromatic rings. The van der Waals surface area contributed by atoms with Crippen LogP contribution in [0.4, 0.5) is 0 Å². The smallest absolute Gasteiger partial charge is 0.0537 e. The minimum Gasteiger partial charge on any atom is -0.396 e. The zero-order valence-electron chi connectivity index (χ0n) is 18.5. The van der Waals surface area contributed by atoms with Crippen LogP contribution in [0, 0.1) is 6.92 Å². The number of rotatable bonds is 8. The van der Waals surface area contributed by atoms with Gasteiger partial charge in [-0.15, -0.1) is 0 Å². The van der Waals surface area contributed by atoms with E-state index in [0.717, 1.165) is 45.6 Å². The summed E-state index contributed by atoms with van der Waals surface area (Å²) in [6.07, 6.45) is 6.59. The van der Waals surface area contributed by atoms with Gasteiger partial charge in [0.1, 0.15) is 0 Å². The second-order valence-electron chi connectivity index (χ2n) is 8.98. The molecule has 3 heterocycles. The van der Waals surface area contributed by atoms with Crippen LogP contribution in [-0.4, -0.2) is 87.0 Å². The molecule has 0 spiro atoms. The number of aryl methyl sites for hydroxylation is 1. The van der Waals surface area contributed by atoms with Gasteiger partial charge >= 0.3 is 0 Å². The van der Waals surface area contributed by atoms with E-state index in [0.29, 0.717) is 18.1 Å². The highest BCUT2D eigenvalue weighted by Gasteiger charge is 2.34. The van der Waals surface area contributed by atoms with Gasteiger partial charge in [-0.3, -0.25) is 14.5 Å². The number of likely N-dealkylation sites (tertiary alicyclic amines) is 1. The molecule has 0 radical (unpaired) electrons. The number of hydrogen-bond donors (Lipinski definition) is 1. The molecule has 2 aliphatic heterocycles. The summed E-state index contributed by atoms with van der Waals surface area (Å²) in [5, 5.41) is 14.2. The third-order valence-corrected chi connectivity index (χ3v) is 6.81. The first-order valence-electron chi connectivity index (χ1n) is 11.4. The summed E-state index contributed by atoms with van der Waals surface area (Å²) in [5.74, 6) is 0. The Morgan fingerprint density at radius 1 is 1.18 bits per heavy atom. The number of piperidine rings is 1. The summed E-state index contributed by atoms with van der Waals surface area (Å²) in [6, 6.07) is 1.81. The van der Waals surface area contributed by atoms with Crippen molar-refractivity contribution in [1.82, 2.24) is 24.5 Å². The highest BCUT2D eigenvalue weighted by molar-refractivity contribution is 5.16. The lowest BCUT2D eigenvalue weighted by Crippen LogP contribution is -2.58. The predicted molar refractivity (Wildman–Crippen MR) is 114 cm³/mol. The monoisotopic (exact) mass is 391 g/mol. The van der Waals surface area contributed by atoms with Crippen molar-refractivity contribution in [1.29, 1.82) is 0 Å². The molecule has 0 saturated carbocycles. The van der Waals surface area contributed by atoms with Gasteiger partial charge in [0.15, 0.2) is 0 Å². The first-order valence-corrected chi connectivity index (χ1v) is 11.4. The average Bonchev–Trinajstić information content (AvgIpc) is 3.02. The van der Waals surface area contributed by atoms with Crippen molar-refractivity contribution >= 4 is 0 Å². The molecule has 1 N–H and O–H groups in total. The van der Waals surface area contributed by atoms with Crippen LogP contribution in [-0.2, 0) is 13.1 Å². The summed E-state index contributed by atoms with van der Waals surface area (Å²) < 4.78 is 2.14. The molecule has 6 heteroatoms. The van der Waals surface area contributed by atoms with E-state index in [2.05, 4.69) is 58.4 Å². The number of nitrogens with zero attached hydrogens (tertiary/aromatic N) is 5. The van der Waals surface area contributed by atoms with Crippen LogP contribution in [0.1, 0.15) is 57.7 Å². The van der Waals surface area contributed by atoms with Gasteiger partial charge in [-0.1, -0.05) is 6.92 Å². The molecule has 1 unspecified atom stereocenters.